The zero-order valence-corrected chi connectivity index (χ0v) is 19.7. The van der Waals surface area contributed by atoms with Gasteiger partial charge in [0.1, 0.15) is 11.8 Å². The molecule has 2 amide bonds. The van der Waals surface area contributed by atoms with Crippen LogP contribution in [0.4, 0.5) is 0 Å². The molecule has 170 valence electrons. The number of hydrogen-bond acceptors (Lipinski definition) is 6. The molecule has 2 aromatic carbocycles. The quantitative estimate of drug-likeness (QED) is 0.294. The van der Waals surface area contributed by atoms with Crippen LogP contribution in [0, 0.1) is 5.92 Å². The fourth-order valence-electron chi connectivity index (χ4n) is 2.64. The Balaban J connectivity index is 1.94. The Kier molecular flexibility index (Phi) is 9.87. The molecule has 0 aliphatic carbocycles. The molecule has 1 unspecified atom stereocenters. The highest BCUT2D eigenvalue weighted by Gasteiger charge is 2.24. The van der Waals surface area contributed by atoms with E-state index in [0.717, 1.165) is 0 Å². The van der Waals surface area contributed by atoms with Crippen LogP contribution in [-0.2, 0) is 14.3 Å². The van der Waals surface area contributed by atoms with Crippen molar-refractivity contribution in [3.05, 3.63) is 64.1 Å². The van der Waals surface area contributed by atoms with Gasteiger partial charge >= 0.3 is 5.97 Å². The summed E-state index contributed by atoms with van der Waals surface area (Å²) in [5.41, 5.74) is 3.63. The van der Waals surface area contributed by atoms with Crippen molar-refractivity contribution >= 4 is 39.9 Å². The number of esters is 1. The monoisotopic (exact) mass is 503 g/mol. The fraction of sp³-hybridized carbons (Fsp3) is 0.304. The van der Waals surface area contributed by atoms with E-state index < -0.39 is 17.9 Å². The second-order valence-corrected chi connectivity index (χ2v) is 7.93. The molecular formula is C23H26BrN3O5. The Morgan fingerprint density at radius 2 is 1.84 bits per heavy atom. The number of halogens is 1. The summed E-state index contributed by atoms with van der Waals surface area (Å²) in [6.07, 6.45) is 1.47. The number of carbonyl (C=O) groups is 3. The molecule has 2 aromatic rings. The van der Waals surface area contributed by atoms with Crippen molar-refractivity contribution in [2.75, 3.05) is 13.2 Å². The number of benzene rings is 2. The van der Waals surface area contributed by atoms with Crippen LogP contribution in [0.25, 0.3) is 0 Å². The van der Waals surface area contributed by atoms with Crippen LogP contribution < -0.4 is 15.5 Å². The standard InChI is InChI=1S/C23H26BrN3O5/c1-4-31-20(28)14-32-19-11-10-16(12-18(19)24)13-25-27-23(30)21(15(2)3)26-22(29)17-8-6-5-7-9-17/h5-13,15,21H,4,14H2,1-3H3,(H,26,29)(H,27,30). The minimum absolute atomic E-state index is 0.136. The number of nitrogens with zero attached hydrogens (tertiary/aromatic N) is 1. The Labute approximate surface area is 195 Å². The number of amides is 2. The van der Waals surface area contributed by atoms with E-state index in [2.05, 4.69) is 31.8 Å². The highest BCUT2D eigenvalue weighted by molar-refractivity contribution is 9.10. The lowest BCUT2D eigenvalue weighted by atomic mass is 10.0. The van der Waals surface area contributed by atoms with Gasteiger partial charge in [-0.2, -0.15) is 5.10 Å². The summed E-state index contributed by atoms with van der Waals surface area (Å²) in [6.45, 7) is 5.50. The summed E-state index contributed by atoms with van der Waals surface area (Å²) < 4.78 is 10.8. The van der Waals surface area contributed by atoms with Crippen molar-refractivity contribution < 1.29 is 23.9 Å². The molecule has 2 rings (SSSR count). The summed E-state index contributed by atoms with van der Waals surface area (Å²) in [7, 11) is 0. The zero-order chi connectivity index (χ0) is 23.5. The lowest BCUT2D eigenvalue weighted by molar-refractivity contribution is -0.145. The van der Waals surface area contributed by atoms with Gasteiger partial charge in [0.25, 0.3) is 11.8 Å². The number of ether oxygens (including phenoxy) is 2. The van der Waals surface area contributed by atoms with Gasteiger partial charge in [-0.05, 0) is 64.7 Å². The molecule has 0 heterocycles. The SMILES string of the molecule is CCOC(=O)COc1ccc(C=NNC(=O)C(NC(=O)c2ccccc2)C(C)C)cc1Br. The highest BCUT2D eigenvalue weighted by atomic mass is 79.9. The molecule has 0 aliphatic rings. The number of rotatable bonds is 10. The Hall–Kier alpha value is -3.20. The van der Waals surface area contributed by atoms with Crippen LogP contribution >= 0.6 is 15.9 Å². The fourth-order valence-corrected chi connectivity index (χ4v) is 3.15. The van der Waals surface area contributed by atoms with E-state index in [1.807, 2.05) is 19.9 Å². The predicted molar refractivity (Wildman–Crippen MR) is 125 cm³/mol. The summed E-state index contributed by atoms with van der Waals surface area (Å²) in [5, 5.41) is 6.73. The lowest BCUT2D eigenvalue weighted by Gasteiger charge is -2.20. The maximum absolute atomic E-state index is 12.6. The van der Waals surface area contributed by atoms with E-state index in [4.69, 9.17) is 9.47 Å². The molecule has 0 bridgehead atoms. The minimum Gasteiger partial charge on any atom is -0.481 e. The molecule has 0 saturated carbocycles. The number of carbonyl (C=O) groups excluding carboxylic acids is 3. The van der Waals surface area contributed by atoms with Crippen molar-refractivity contribution in [2.24, 2.45) is 11.0 Å². The maximum atomic E-state index is 12.6. The first-order valence-corrected chi connectivity index (χ1v) is 10.9. The van der Waals surface area contributed by atoms with Crippen LogP contribution in [0.5, 0.6) is 5.75 Å². The second-order valence-electron chi connectivity index (χ2n) is 7.08. The number of hydrogen-bond donors (Lipinski definition) is 2. The first-order valence-electron chi connectivity index (χ1n) is 10.1. The molecule has 0 spiro atoms. The first-order chi connectivity index (χ1) is 15.3. The Morgan fingerprint density at radius 1 is 1.12 bits per heavy atom. The average Bonchev–Trinajstić information content (AvgIpc) is 2.77. The van der Waals surface area contributed by atoms with Crippen LogP contribution in [0.3, 0.4) is 0 Å². The second kappa shape index (κ2) is 12.6. The zero-order valence-electron chi connectivity index (χ0n) is 18.1. The van der Waals surface area contributed by atoms with E-state index in [-0.39, 0.29) is 25.0 Å². The Morgan fingerprint density at radius 3 is 2.47 bits per heavy atom. The molecule has 0 radical (unpaired) electrons. The number of nitrogens with one attached hydrogen (secondary N) is 2. The summed E-state index contributed by atoms with van der Waals surface area (Å²) >= 11 is 3.38. The van der Waals surface area contributed by atoms with Gasteiger partial charge in [0.15, 0.2) is 6.61 Å². The maximum Gasteiger partial charge on any atom is 0.344 e. The summed E-state index contributed by atoms with van der Waals surface area (Å²) in [6, 6.07) is 13.1. The third-order valence-electron chi connectivity index (χ3n) is 4.27. The third kappa shape index (κ3) is 7.81. The van der Waals surface area contributed by atoms with Gasteiger partial charge in [-0.3, -0.25) is 9.59 Å². The van der Waals surface area contributed by atoms with Gasteiger partial charge in [-0.15, -0.1) is 0 Å². The lowest BCUT2D eigenvalue weighted by Crippen LogP contribution is -2.48. The van der Waals surface area contributed by atoms with Gasteiger partial charge in [0, 0.05) is 5.56 Å². The topological polar surface area (TPSA) is 106 Å². The van der Waals surface area contributed by atoms with E-state index in [0.29, 0.717) is 21.3 Å². The highest BCUT2D eigenvalue weighted by Crippen LogP contribution is 2.25. The normalized spacial score (nSPS) is 11.8. The van der Waals surface area contributed by atoms with Crippen molar-refractivity contribution in [1.82, 2.24) is 10.7 Å². The summed E-state index contributed by atoms with van der Waals surface area (Å²) in [4.78, 5) is 36.3. The predicted octanol–water partition coefficient (Wildman–Crippen LogP) is 3.30. The summed E-state index contributed by atoms with van der Waals surface area (Å²) in [5.74, 6) is -0.864. The van der Waals surface area contributed by atoms with E-state index in [1.54, 1.807) is 49.4 Å². The number of hydrazone groups is 1. The van der Waals surface area contributed by atoms with E-state index in [9.17, 15) is 14.4 Å². The van der Waals surface area contributed by atoms with Crippen LogP contribution in [0.1, 0.15) is 36.7 Å². The van der Waals surface area contributed by atoms with Gasteiger partial charge in [0.05, 0.1) is 17.3 Å². The molecule has 1 atom stereocenters. The van der Waals surface area contributed by atoms with Gasteiger partial charge in [0.2, 0.25) is 0 Å². The molecule has 0 saturated heterocycles. The molecule has 9 heteroatoms. The molecule has 32 heavy (non-hydrogen) atoms. The largest absolute Gasteiger partial charge is 0.481 e. The van der Waals surface area contributed by atoms with E-state index in [1.165, 1.54) is 6.21 Å². The molecule has 8 nitrogen and oxygen atoms in total. The van der Waals surface area contributed by atoms with E-state index >= 15 is 0 Å². The van der Waals surface area contributed by atoms with Crippen LogP contribution in [0.15, 0.2) is 58.1 Å². The molecule has 0 aliphatic heterocycles. The molecule has 0 fully saturated rings. The van der Waals surface area contributed by atoms with Crippen LogP contribution in [-0.4, -0.2) is 43.3 Å². The van der Waals surface area contributed by atoms with Crippen LogP contribution in [0.2, 0.25) is 0 Å². The first kappa shape index (κ1) is 25.1. The molecule has 2 N–H and O–H groups in total. The van der Waals surface area contributed by atoms with Crippen molar-refractivity contribution in [3.8, 4) is 5.75 Å². The third-order valence-corrected chi connectivity index (χ3v) is 4.89. The Bertz CT molecular complexity index is 963. The van der Waals surface area contributed by atoms with Crippen molar-refractivity contribution in [3.63, 3.8) is 0 Å². The minimum atomic E-state index is -0.745. The van der Waals surface area contributed by atoms with Gasteiger partial charge in [-0.25, -0.2) is 10.2 Å². The van der Waals surface area contributed by atoms with Gasteiger partial charge in [-0.1, -0.05) is 32.0 Å². The van der Waals surface area contributed by atoms with Gasteiger partial charge < -0.3 is 14.8 Å². The molecule has 0 aromatic heterocycles. The van der Waals surface area contributed by atoms with Crippen molar-refractivity contribution in [2.45, 2.75) is 26.8 Å². The smallest absolute Gasteiger partial charge is 0.344 e. The van der Waals surface area contributed by atoms with Crippen molar-refractivity contribution in [1.29, 1.82) is 0 Å². The average molecular weight is 504 g/mol. The molecular weight excluding hydrogens is 478 g/mol.